The second-order valence-corrected chi connectivity index (χ2v) is 5.78. The SMILES string of the molecule is NCCN1CCC(C(=O)NCCC2CCC2)CC1. The molecule has 0 bridgehead atoms. The summed E-state index contributed by atoms with van der Waals surface area (Å²) < 4.78 is 0. The van der Waals surface area contributed by atoms with E-state index in [2.05, 4.69) is 10.2 Å². The van der Waals surface area contributed by atoms with E-state index in [0.29, 0.717) is 0 Å². The summed E-state index contributed by atoms with van der Waals surface area (Å²) in [5, 5.41) is 3.12. The number of nitrogens with one attached hydrogen (secondary N) is 1. The lowest BCUT2D eigenvalue weighted by atomic mass is 9.83. The van der Waals surface area contributed by atoms with Crippen molar-refractivity contribution in [3.05, 3.63) is 0 Å². The molecule has 0 spiro atoms. The molecule has 0 aromatic carbocycles. The summed E-state index contributed by atoms with van der Waals surface area (Å²) in [7, 11) is 0. The lowest BCUT2D eigenvalue weighted by molar-refractivity contribution is -0.126. The number of nitrogens with two attached hydrogens (primary N) is 1. The number of hydrogen-bond acceptors (Lipinski definition) is 3. The van der Waals surface area contributed by atoms with Crippen LogP contribution in [-0.4, -0.2) is 43.5 Å². The molecule has 3 N–H and O–H groups in total. The first kappa shape index (κ1) is 13.8. The predicted octanol–water partition coefficient (Wildman–Crippen LogP) is 0.963. The van der Waals surface area contributed by atoms with E-state index in [1.54, 1.807) is 0 Å². The third-order valence-electron chi connectivity index (χ3n) is 4.48. The van der Waals surface area contributed by atoms with Gasteiger partial charge in [-0.3, -0.25) is 4.79 Å². The molecule has 4 heteroatoms. The van der Waals surface area contributed by atoms with E-state index in [1.807, 2.05) is 0 Å². The summed E-state index contributed by atoms with van der Waals surface area (Å²) in [5.74, 6) is 1.40. The molecule has 0 aromatic heterocycles. The van der Waals surface area contributed by atoms with Crippen LogP contribution >= 0.6 is 0 Å². The molecule has 1 saturated carbocycles. The highest BCUT2D eigenvalue weighted by molar-refractivity contribution is 5.78. The zero-order chi connectivity index (χ0) is 12.8. The number of amides is 1. The summed E-state index contributed by atoms with van der Waals surface area (Å²) in [6, 6.07) is 0. The molecule has 0 unspecified atom stereocenters. The molecule has 18 heavy (non-hydrogen) atoms. The van der Waals surface area contributed by atoms with Crippen molar-refractivity contribution in [3.63, 3.8) is 0 Å². The van der Waals surface area contributed by atoms with E-state index in [0.717, 1.165) is 51.5 Å². The average Bonchev–Trinajstić information content (AvgIpc) is 2.33. The molecule has 1 aliphatic carbocycles. The van der Waals surface area contributed by atoms with Gasteiger partial charge in [0.05, 0.1) is 0 Å². The Labute approximate surface area is 110 Å². The number of rotatable bonds is 6. The van der Waals surface area contributed by atoms with Crippen LogP contribution in [0.4, 0.5) is 0 Å². The van der Waals surface area contributed by atoms with Gasteiger partial charge in [0.15, 0.2) is 0 Å². The number of hydrogen-bond donors (Lipinski definition) is 2. The van der Waals surface area contributed by atoms with Crippen LogP contribution in [0.2, 0.25) is 0 Å². The molecule has 104 valence electrons. The van der Waals surface area contributed by atoms with E-state index >= 15 is 0 Å². The van der Waals surface area contributed by atoms with Crippen molar-refractivity contribution in [2.24, 2.45) is 17.6 Å². The summed E-state index contributed by atoms with van der Waals surface area (Å²) in [5.41, 5.74) is 5.55. The van der Waals surface area contributed by atoms with Gasteiger partial charge in [-0.15, -0.1) is 0 Å². The number of likely N-dealkylation sites (tertiary alicyclic amines) is 1. The molecule has 2 rings (SSSR count). The minimum absolute atomic E-state index is 0.236. The smallest absolute Gasteiger partial charge is 0.223 e. The van der Waals surface area contributed by atoms with Crippen LogP contribution in [0.25, 0.3) is 0 Å². The van der Waals surface area contributed by atoms with E-state index in [9.17, 15) is 4.79 Å². The first-order valence-corrected chi connectivity index (χ1v) is 7.49. The lowest BCUT2D eigenvalue weighted by Crippen LogP contribution is -2.42. The highest BCUT2D eigenvalue weighted by Gasteiger charge is 2.24. The highest BCUT2D eigenvalue weighted by Crippen LogP contribution is 2.28. The summed E-state index contributed by atoms with van der Waals surface area (Å²) in [6.45, 7) is 4.62. The zero-order valence-electron chi connectivity index (χ0n) is 11.4. The van der Waals surface area contributed by atoms with E-state index in [1.165, 1.54) is 25.7 Å². The number of carbonyl (C=O) groups is 1. The van der Waals surface area contributed by atoms with Crippen molar-refractivity contribution in [3.8, 4) is 0 Å². The van der Waals surface area contributed by atoms with Crippen LogP contribution in [0.3, 0.4) is 0 Å². The minimum atomic E-state index is 0.236. The van der Waals surface area contributed by atoms with Crippen LogP contribution < -0.4 is 11.1 Å². The molecule has 0 aromatic rings. The fourth-order valence-corrected chi connectivity index (χ4v) is 2.93. The molecule has 1 heterocycles. The fraction of sp³-hybridized carbons (Fsp3) is 0.929. The Morgan fingerprint density at radius 1 is 1.22 bits per heavy atom. The third-order valence-corrected chi connectivity index (χ3v) is 4.48. The molecular weight excluding hydrogens is 226 g/mol. The predicted molar refractivity (Wildman–Crippen MR) is 73.2 cm³/mol. The first-order chi connectivity index (χ1) is 8.79. The molecule has 1 amide bonds. The molecule has 2 fully saturated rings. The highest BCUT2D eigenvalue weighted by atomic mass is 16.1. The van der Waals surface area contributed by atoms with E-state index in [-0.39, 0.29) is 11.8 Å². The van der Waals surface area contributed by atoms with Crippen LogP contribution in [-0.2, 0) is 4.79 Å². The molecule has 1 saturated heterocycles. The van der Waals surface area contributed by atoms with Gasteiger partial charge in [0, 0.05) is 25.6 Å². The Morgan fingerprint density at radius 2 is 1.94 bits per heavy atom. The largest absolute Gasteiger partial charge is 0.356 e. The van der Waals surface area contributed by atoms with Gasteiger partial charge in [0.1, 0.15) is 0 Å². The lowest BCUT2D eigenvalue weighted by Gasteiger charge is -2.31. The van der Waals surface area contributed by atoms with Crippen molar-refractivity contribution in [2.45, 2.75) is 38.5 Å². The molecule has 1 aliphatic heterocycles. The monoisotopic (exact) mass is 253 g/mol. The quantitative estimate of drug-likeness (QED) is 0.741. The van der Waals surface area contributed by atoms with Crippen LogP contribution in [0.15, 0.2) is 0 Å². The molecule has 4 nitrogen and oxygen atoms in total. The average molecular weight is 253 g/mol. The van der Waals surface area contributed by atoms with Gasteiger partial charge >= 0.3 is 0 Å². The Bertz CT molecular complexity index is 258. The standard InChI is InChI=1S/C14H27N3O/c15-7-11-17-9-5-13(6-10-17)14(18)16-8-4-12-2-1-3-12/h12-13H,1-11,15H2,(H,16,18). The fourth-order valence-electron chi connectivity index (χ4n) is 2.93. The maximum absolute atomic E-state index is 12.0. The maximum atomic E-state index is 12.0. The first-order valence-electron chi connectivity index (χ1n) is 7.49. The normalized spacial score (nSPS) is 22.7. The molecule has 0 atom stereocenters. The number of carbonyl (C=O) groups excluding carboxylic acids is 1. The van der Waals surface area contributed by atoms with Crippen LogP contribution in [0.1, 0.15) is 38.5 Å². The summed E-state index contributed by atoms with van der Waals surface area (Å²) in [6.07, 6.45) is 7.29. The minimum Gasteiger partial charge on any atom is -0.356 e. The van der Waals surface area contributed by atoms with Gasteiger partial charge in [-0.05, 0) is 38.3 Å². The van der Waals surface area contributed by atoms with Crippen LogP contribution in [0, 0.1) is 11.8 Å². The van der Waals surface area contributed by atoms with Gasteiger partial charge in [-0.1, -0.05) is 19.3 Å². The Kier molecular flexibility index (Phi) is 5.45. The third kappa shape index (κ3) is 3.95. The van der Waals surface area contributed by atoms with Gasteiger partial charge in [-0.2, -0.15) is 0 Å². The van der Waals surface area contributed by atoms with Crippen molar-refractivity contribution >= 4 is 5.91 Å². The van der Waals surface area contributed by atoms with Gasteiger partial charge in [0.25, 0.3) is 0 Å². The van der Waals surface area contributed by atoms with E-state index < -0.39 is 0 Å². The van der Waals surface area contributed by atoms with Gasteiger partial charge in [0.2, 0.25) is 5.91 Å². The molecule has 2 aliphatic rings. The van der Waals surface area contributed by atoms with Crippen molar-refractivity contribution < 1.29 is 4.79 Å². The number of nitrogens with zero attached hydrogens (tertiary/aromatic N) is 1. The Balaban J connectivity index is 1.58. The van der Waals surface area contributed by atoms with Gasteiger partial charge in [-0.25, -0.2) is 0 Å². The van der Waals surface area contributed by atoms with Gasteiger partial charge < -0.3 is 16.0 Å². The van der Waals surface area contributed by atoms with E-state index in [4.69, 9.17) is 5.73 Å². The Morgan fingerprint density at radius 3 is 2.50 bits per heavy atom. The summed E-state index contributed by atoms with van der Waals surface area (Å²) in [4.78, 5) is 14.4. The topological polar surface area (TPSA) is 58.4 Å². The second kappa shape index (κ2) is 7.10. The van der Waals surface area contributed by atoms with Crippen molar-refractivity contribution in [1.29, 1.82) is 0 Å². The molecule has 0 radical (unpaired) electrons. The molecular formula is C14H27N3O. The second-order valence-electron chi connectivity index (χ2n) is 5.78. The maximum Gasteiger partial charge on any atom is 0.223 e. The van der Waals surface area contributed by atoms with Crippen LogP contribution in [0.5, 0.6) is 0 Å². The van der Waals surface area contributed by atoms with Crippen molar-refractivity contribution in [1.82, 2.24) is 10.2 Å². The summed E-state index contributed by atoms with van der Waals surface area (Å²) >= 11 is 0. The van der Waals surface area contributed by atoms with Crippen molar-refractivity contribution in [2.75, 3.05) is 32.7 Å². The number of piperidine rings is 1. The Hall–Kier alpha value is -0.610. The zero-order valence-corrected chi connectivity index (χ0v) is 11.4.